The molecule has 1 aromatic heterocycles. The molecule has 26 heavy (non-hydrogen) atoms. The predicted molar refractivity (Wildman–Crippen MR) is 99.0 cm³/mol. The second kappa shape index (κ2) is 8.31. The number of amides is 1. The van der Waals surface area contributed by atoms with E-state index in [0.717, 1.165) is 9.15 Å². The molecule has 0 atom stereocenters. The Bertz CT molecular complexity index is 850. The molecule has 9 heteroatoms. The maximum Gasteiger partial charge on any atom is 0.407 e. The monoisotopic (exact) mass is 426 g/mol. The van der Waals surface area contributed by atoms with Gasteiger partial charge in [-0.1, -0.05) is 15.9 Å². The van der Waals surface area contributed by atoms with Crippen molar-refractivity contribution >= 4 is 22.0 Å². The van der Waals surface area contributed by atoms with Crippen LogP contribution in [0.2, 0.25) is 0 Å². The van der Waals surface area contributed by atoms with E-state index in [0.29, 0.717) is 12.0 Å². The van der Waals surface area contributed by atoms with Crippen molar-refractivity contribution in [1.29, 1.82) is 0 Å². The van der Waals surface area contributed by atoms with E-state index in [4.69, 9.17) is 4.74 Å². The number of carbonyl (C=O) groups is 1. The fourth-order valence-electron chi connectivity index (χ4n) is 2.05. The Balaban J connectivity index is 2.04. The summed E-state index contributed by atoms with van der Waals surface area (Å²) in [5.74, 6) is 0. The van der Waals surface area contributed by atoms with E-state index < -0.39 is 17.4 Å². The Labute approximate surface area is 158 Å². The third-order valence-corrected chi connectivity index (χ3v) is 3.73. The maximum absolute atomic E-state index is 13.1. The Morgan fingerprint density at radius 1 is 1.35 bits per heavy atom. The lowest BCUT2D eigenvalue weighted by molar-refractivity contribution is 0.0532. The molecule has 7 nitrogen and oxygen atoms in total. The summed E-state index contributed by atoms with van der Waals surface area (Å²) in [7, 11) is 0. The number of hydrogen-bond donors (Lipinski definition) is 1. The van der Waals surface area contributed by atoms with Crippen molar-refractivity contribution < 1.29 is 13.9 Å². The van der Waals surface area contributed by atoms with Crippen LogP contribution in [0.5, 0.6) is 0 Å². The van der Waals surface area contributed by atoms with Crippen molar-refractivity contribution in [3.63, 3.8) is 0 Å². The van der Waals surface area contributed by atoms with Gasteiger partial charge >= 0.3 is 11.8 Å². The van der Waals surface area contributed by atoms with Gasteiger partial charge in [0.25, 0.3) is 0 Å². The van der Waals surface area contributed by atoms with Gasteiger partial charge in [-0.2, -0.15) is 5.10 Å². The molecule has 0 fully saturated rings. The van der Waals surface area contributed by atoms with E-state index in [1.807, 2.05) is 0 Å². The summed E-state index contributed by atoms with van der Waals surface area (Å²) in [5.41, 5.74) is -0.241. The van der Waals surface area contributed by atoms with Crippen LogP contribution >= 0.6 is 15.9 Å². The molecule has 0 aliphatic heterocycles. The minimum absolute atomic E-state index is 0.0886. The lowest BCUT2D eigenvalue weighted by atomic mass is 10.2. The van der Waals surface area contributed by atoms with Gasteiger partial charge in [-0.25, -0.2) is 23.2 Å². The van der Waals surface area contributed by atoms with Crippen molar-refractivity contribution in [3.8, 4) is 5.69 Å². The fraction of sp³-hybridized carbons (Fsp3) is 0.353. The number of halogens is 2. The summed E-state index contributed by atoms with van der Waals surface area (Å²) in [5, 5.41) is 6.44. The molecule has 0 saturated heterocycles. The summed E-state index contributed by atoms with van der Waals surface area (Å²) in [6, 6.07) is 7.12. The largest absolute Gasteiger partial charge is 0.444 e. The first-order valence-electron chi connectivity index (χ1n) is 7.85. The van der Waals surface area contributed by atoms with E-state index in [9.17, 15) is 14.0 Å². The van der Waals surface area contributed by atoms with Crippen molar-refractivity contribution in [1.82, 2.24) is 19.7 Å². The molecular weight excluding hydrogens is 407 g/mol. The topological polar surface area (TPSA) is 78.2 Å². The number of carbonyl (C=O) groups excluding carboxylic acids is 1. The third-order valence-electron chi connectivity index (χ3n) is 3.20. The molecule has 0 saturated carbocycles. The molecular formula is C17H20BrFN4O3. The molecule has 0 aliphatic rings. The molecule has 1 amide bonds. The van der Waals surface area contributed by atoms with Crippen LogP contribution in [0.4, 0.5) is 9.18 Å². The van der Waals surface area contributed by atoms with Gasteiger partial charge in [0.05, 0.1) is 18.6 Å². The number of nitrogens with one attached hydrogen (secondary N) is 1. The molecule has 1 heterocycles. The standard InChI is InChI=1S/C17H20BrFN4O3/c1-17(2,3)26-15(24)20-9-12(8-19)10-23-16(25)22(11-21-23)14-6-4-13(18)5-7-14/h4-8,11H,9-10H2,1-3H3,(H,20,24). The van der Waals surface area contributed by atoms with Crippen LogP contribution in [-0.2, 0) is 11.3 Å². The fourth-order valence-corrected chi connectivity index (χ4v) is 2.31. The number of aromatic nitrogens is 3. The van der Waals surface area contributed by atoms with Crippen LogP contribution in [0, 0.1) is 0 Å². The Hall–Kier alpha value is -2.42. The number of alkyl carbamates (subject to hydrolysis) is 1. The third kappa shape index (κ3) is 5.55. The number of rotatable bonds is 5. The van der Waals surface area contributed by atoms with Crippen LogP contribution < -0.4 is 11.0 Å². The molecule has 1 aromatic carbocycles. The number of ether oxygens (including phenoxy) is 1. The molecule has 0 radical (unpaired) electrons. The van der Waals surface area contributed by atoms with Crippen molar-refractivity contribution in [3.05, 3.63) is 57.5 Å². The SMILES string of the molecule is CC(C)(C)OC(=O)NCC(=CF)Cn1ncn(-c2ccc(Br)cc2)c1=O. The minimum atomic E-state index is -0.662. The molecule has 0 spiro atoms. The highest BCUT2D eigenvalue weighted by atomic mass is 79.9. The van der Waals surface area contributed by atoms with E-state index in [2.05, 4.69) is 26.3 Å². The van der Waals surface area contributed by atoms with Crippen molar-refractivity contribution in [2.24, 2.45) is 0 Å². The van der Waals surface area contributed by atoms with Gasteiger partial charge < -0.3 is 10.1 Å². The van der Waals surface area contributed by atoms with Gasteiger partial charge in [-0.3, -0.25) is 0 Å². The van der Waals surface area contributed by atoms with Gasteiger partial charge in [0.2, 0.25) is 0 Å². The summed E-state index contributed by atoms with van der Waals surface area (Å²) >= 11 is 3.33. The molecule has 2 aromatic rings. The zero-order chi connectivity index (χ0) is 19.3. The molecule has 0 bridgehead atoms. The van der Waals surface area contributed by atoms with Gasteiger partial charge in [0.15, 0.2) is 0 Å². The predicted octanol–water partition coefficient (Wildman–Crippen LogP) is 3.17. The quantitative estimate of drug-likeness (QED) is 0.795. The number of benzene rings is 1. The summed E-state index contributed by atoms with van der Waals surface area (Å²) in [4.78, 5) is 24.1. The first-order valence-corrected chi connectivity index (χ1v) is 8.64. The van der Waals surface area contributed by atoms with E-state index in [1.54, 1.807) is 45.0 Å². The molecule has 0 unspecified atom stereocenters. The van der Waals surface area contributed by atoms with Crippen LogP contribution in [0.25, 0.3) is 5.69 Å². The number of nitrogens with zero attached hydrogens (tertiary/aromatic N) is 3. The Morgan fingerprint density at radius 2 is 2.00 bits per heavy atom. The molecule has 140 valence electrons. The smallest absolute Gasteiger partial charge is 0.407 e. The van der Waals surface area contributed by atoms with Gasteiger partial charge in [0.1, 0.15) is 11.9 Å². The van der Waals surface area contributed by atoms with Crippen molar-refractivity contribution in [2.45, 2.75) is 32.9 Å². The van der Waals surface area contributed by atoms with Crippen molar-refractivity contribution in [2.75, 3.05) is 6.54 Å². The zero-order valence-corrected chi connectivity index (χ0v) is 16.3. The first-order chi connectivity index (χ1) is 12.2. The Kier molecular flexibility index (Phi) is 6.36. The average Bonchev–Trinajstić information content (AvgIpc) is 2.91. The van der Waals surface area contributed by atoms with E-state index >= 15 is 0 Å². The van der Waals surface area contributed by atoms with Gasteiger partial charge in [0, 0.05) is 11.0 Å². The molecule has 2 rings (SSSR count). The summed E-state index contributed by atoms with van der Waals surface area (Å²) in [6.45, 7) is 5.00. The normalized spacial score (nSPS) is 12.1. The van der Waals surface area contributed by atoms with Gasteiger partial charge in [-0.05, 0) is 50.6 Å². The minimum Gasteiger partial charge on any atom is -0.444 e. The lowest BCUT2D eigenvalue weighted by Gasteiger charge is -2.19. The Morgan fingerprint density at radius 3 is 2.58 bits per heavy atom. The van der Waals surface area contributed by atoms with E-state index in [1.165, 1.54) is 10.9 Å². The summed E-state index contributed by atoms with van der Waals surface area (Å²) < 4.78 is 21.6. The van der Waals surface area contributed by atoms with Crippen LogP contribution in [-0.4, -0.2) is 32.6 Å². The highest BCUT2D eigenvalue weighted by Crippen LogP contribution is 2.12. The highest BCUT2D eigenvalue weighted by Gasteiger charge is 2.16. The van der Waals surface area contributed by atoms with Crippen LogP contribution in [0.1, 0.15) is 20.8 Å². The highest BCUT2D eigenvalue weighted by molar-refractivity contribution is 9.10. The second-order valence-corrected chi connectivity index (χ2v) is 7.46. The molecule has 0 aliphatic carbocycles. The maximum atomic E-state index is 13.1. The first kappa shape index (κ1) is 19.9. The number of hydrogen-bond acceptors (Lipinski definition) is 4. The van der Waals surface area contributed by atoms with Crippen LogP contribution in [0.15, 0.2) is 51.8 Å². The second-order valence-electron chi connectivity index (χ2n) is 6.54. The average molecular weight is 427 g/mol. The zero-order valence-electron chi connectivity index (χ0n) is 14.7. The van der Waals surface area contributed by atoms with Gasteiger partial charge in [-0.15, -0.1) is 0 Å². The van der Waals surface area contributed by atoms with E-state index in [-0.39, 0.29) is 18.7 Å². The molecule has 1 N–H and O–H groups in total. The lowest BCUT2D eigenvalue weighted by Crippen LogP contribution is -2.34. The summed E-state index contributed by atoms with van der Waals surface area (Å²) in [6.07, 6.45) is 1.05. The van der Waals surface area contributed by atoms with Crippen LogP contribution in [0.3, 0.4) is 0 Å².